The molecule has 120 valence electrons. The molecule has 0 spiro atoms. The van der Waals surface area contributed by atoms with Crippen molar-refractivity contribution < 1.29 is 4.79 Å². The van der Waals surface area contributed by atoms with Gasteiger partial charge in [0.15, 0.2) is 0 Å². The van der Waals surface area contributed by atoms with Gasteiger partial charge in [-0.3, -0.25) is 9.59 Å². The highest BCUT2D eigenvalue weighted by atomic mass is 16.2. The van der Waals surface area contributed by atoms with Gasteiger partial charge in [0.2, 0.25) is 5.91 Å². The van der Waals surface area contributed by atoms with Gasteiger partial charge in [-0.25, -0.2) is 4.98 Å². The lowest BCUT2D eigenvalue weighted by Crippen LogP contribution is -2.34. The topological polar surface area (TPSA) is 74.8 Å². The number of aromatic amines is 1. The van der Waals surface area contributed by atoms with E-state index in [0.29, 0.717) is 17.1 Å². The molecule has 1 amide bonds. The van der Waals surface area contributed by atoms with Gasteiger partial charge in [0.05, 0.1) is 12.5 Å². The quantitative estimate of drug-likeness (QED) is 0.912. The lowest BCUT2D eigenvalue weighted by Gasteiger charge is -2.26. The number of fused-ring (bicyclic) bond motifs is 1. The van der Waals surface area contributed by atoms with Crippen LogP contribution >= 0.6 is 0 Å². The summed E-state index contributed by atoms with van der Waals surface area (Å²) in [5, 5.41) is 3.07. The molecule has 0 fully saturated rings. The summed E-state index contributed by atoms with van der Waals surface area (Å²) in [6.07, 6.45) is 3.12. The van der Waals surface area contributed by atoms with Crippen molar-refractivity contribution in [2.45, 2.75) is 45.6 Å². The highest BCUT2D eigenvalue weighted by Crippen LogP contribution is 2.29. The van der Waals surface area contributed by atoms with Gasteiger partial charge in [-0.05, 0) is 44.2 Å². The minimum Gasteiger partial charge on any atom is -0.349 e. The first kappa shape index (κ1) is 15.5. The molecule has 0 unspecified atom stereocenters. The fourth-order valence-electron chi connectivity index (χ4n) is 3.27. The lowest BCUT2D eigenvalue weighted by molar-refractivity contribution is -0.121. The maximum atomic E-state index is 12.4. The summed E-state index contributed by atoms with van der Waals surface area (Å²) in [6.45, 7) is 3.50. The summed E-state index contributed by atoms with van der Waals surface area (Å²) in [4.78, 5) is 31.3. The molecule has 5 nitrogen and oxygen atoms in total. The van der Waals surface area contributed by atoms with Crippen molar-refractivity contribution in [1.82, 2.24) is 15.3 Å². The Morgan fingerprint density at radius 3 is 2.91 bits per heavy atom. The molecule has 0 aliphatic heterocycles. The van der Waals surface area contributed by atoms with Crippen LogP contribution in [-0.4, -0.2) is 15.9 Å². The Morgan fingerprint density at radius 1 is 1.35 bits per heavy atom. The number of aryl methyl sites for hydroxylation is 3. The lowest BCUT2D eigenvalue weighted by atomic mass is 9.87. The van der Waals surface area contributed by atoms with Crippen LogP contribution in [0.4, 0.5) is 0 Å². The Labute approximate surface area is 135 Å². The zero-order valence-electron chi connectivity index (χ0n) is 13.5. The van der Waals surface area contributed by atoms with E-state index < -0.39 is 0 Å². The highest BCUT2D eigenvalue weighted by Gasteiger charge is 2.22. The average molecular weight is 311 g/mol. The molecule has 1 aromatic heterocycles. The molecule has 0 saturated carbocycles. The van der Waals surface area contributed by atoms with Crippen LogP contribution in [0.25, 0.3) is 0 Å². The van der Waals surface area contributed by atoms with Gasteiger partial charge in [-0.15, -0.1) is 0 Å². The summed E-state index contributed by atoms with van der Waals surface area (Å²) >= 11 is 0. The molecule has 1 aliphatic carbocycles. The Bertz CT molecular complexity index is 795. The van der Waals surface area contributed by atoms with Crippen LogP contribution in [0.3, 0.4) is 0 Å². The highest BCUT2D eigenvalue weighted by molar-refractivity contribution is 5.79. The van der Waals surface area contributed by atoms with Gasteiger partial charge in [0, 0.05) is 11.3 Å². The van der Waals surface area contributed by atoms with Crippen LogP contribution in [0.5, 0.6) is 0 Å². The second-order valence-electron chi connectivity index (χ2n) is 6.10. The Kier molecular flexibility index (Phi) is 4.28. The average Bonchev–Trinajstić information content (AvgIpc) is 2.51. The second-order valence-corrected chi connectivity index (χ2v) is 6.10. The maximum absolute atomic E-state index is 12.4. The number of carbonyl (C=O) groups excluding carboxylic acids is 1. The minimum absolute atomic E-state index is 0.0326. The van der Waals surface area contributed by atoms with Gasteiger partial charge in [-0.2, -0.15) is 0 Å². The largest absolute Gasteiger partial charge is 0.349 e. The predicted octanol–water partition coefficient (Wildman–Crippen LogP) is 2.12. The molecule has 0 radical (unpaired) electrons. The molecule has 0 saturated heterocycles. The summed E-state index contributed by atoms with van der Waals surface area (Å²) in [6, 6.07) is 8.26. The summed E-state index contributed by atoms with van der Waals surface area (Å²) < 4.78 is 0. The summed E-state index contributed by atoms with van der Waals surface area (Å²) in [5.74, 6) is 0.434. The molecule has 2 N–H and O–H groups in total. The molecule has 2 aromatic rings. The molecule has 3 rings (SSSR count). The van der Waals surface area contributed by atoms with E-state index in [1.165, 1.54) is 11.1 Å². The van der Waals surface area contributed by atoms with Crippen LogP contribution in [0.1, 0.15) is 47.1 Å². The Hall–Kier alpha value is -2.43. The van der Waals surface area contributed by atoms with Crippen molar-refractivity contribution in [3.05, 3.63) is 62.8 Å². The fourth-order valence-corrected chi connectivity index (χ4v) is 3.27. The van der Waals surface area contributed by atoms with E-state index in [1.807, 2.05) is 12.1 Å². The van der Waals surface area contributed by atoms with E-state index in [2.05, 4.69) is 27.4 Å². The van der Waals surface area contributed by atoms with Crippen LogP contribution < -0.4 is 10.9 Å². The SMILES string of the molecule is Cc1nc(C)c(CC(=O)N[C@@H]2CCCc3ccccc32)c(=O)[nH]1. The number of rotatable bonds is 3. The minimum atomic E-state index is -0.228. The van der Waals surface area contributed by atoms with E-state index in [9.17, 15) is 9.59 Å². The molecular weight excluding hydrogens is 290 g/mol. The third-order valence-corrected chi connectivity index (χ3v) is 4.38. The molecule has 1 aliphatic rings. The van der Waals surface area contributed by atoms with E-state index in [-0.39, 0.29) is 23.9 Å². The maximum Gasteiger partial charge on any atom is 0.254 e. The van der Waals surface area contributed by atoms with Gasteiger partial charge in [-0.1, -0.05) is 24.3 Å². The first-order valence-corrected chi connectivity index (χ1v) is 7.98. The predicted molar refractivity (Wildman–Crippen MR) is 88.3 cm³/mol. The Balaban J connectivity index is 1.75. The number of amides is 1. The smallest absolute Gasteiger partial charge is 0.254 e. The number of nitrogens with one attached hydrogen (secondary N) is 2. The standard InChI is InChI=1S/C18H21N3O2/c1-11-15(18(23)20-12(2)19-11)10-17(22)21-16-9-5-7-13-6-3-4-8-14(13)16/h3-4,6,8,16H,5,7,9-10H2,1-2H3,(H,21,22)(H,19,20,23)/t16-/m1/s1. The molecule has 1 atom stereocenters. The van der Waals surface area contributed by atoms with E-state index in [4.69, 9.17) is 0 Å². The monoisotopic (exact) mass is 311 g/mol. The number of hydrogen-bond donors (Lipinski definition) is 2. The molecule has 23 heavy (non-hydrogen) atoms. The Morgan fingerprint density at radius 2 is 2.13 bits per heavy atom. The molecule has 1 heterocycles. The number of H-pyrrole nitrogens is 1. The third-order valence-electron chi connectivity index (χ3n) is 4.38. The van der Waals surface area contributed by atoms with Crippen LogP contribution in [-0.2, 0) is 17.6 Å². The van der Waals surface area contributed by atoms with Gasteiger partial charge < -0.3 is 10.3 Å². The number of hydrogen-bond acceptors (Lipinski definition) is 3. The van der Waals surface area contributed by atoms with Crippen LogP contribution in [0.2, 0.25) is 0 Å². The summed E-state index contributed by atoms with van der Waals surface area (Å²) in [5.41, 5.74) is 3.33. The summed E-state index contributed by atoms with van der Waals surface area (Å²) in [7, 11) is 0. The van der Waals surface area contributed by atoms with E-state index in [0.717, 1.165) is 19.3 Å². The van der Waals surface area contributed by atoms with Gasteiger partial charge >= 0.3 is 0 Å². The van der Waals surface area contributed by atoms with Crippen molar-refractivity contribution in [2.24, 2.45) is 0 Å². The molecule has 1 aromatic carbocycles. The zero-order valence-corrected chi connectivity index (χ0v) is 13.5. The molecule has 0 bridgehead atoms. The first-order chi connectivity index (χ1) is 11.0. The molecule has 5 heteroatoms. The zero-order chi connectivity index (χ0) is 16.4. The number of benzene rings is 1. The van der Waals surface area contributed by atoms with E-state index in [1.54, 1.807) is 13.8 Å². The van der Waals surface area contributed by atoms with Crippen molar-refractivity contribution >= 4 is 5.91 Å². The van der Waals surface area contributed by atoms with Gasteiger partial charge in [0.25, 0.3) is 5.56 Å². The van der Waals surface area contributed by atoms with Crippen LogP contribution in [0.15, 0.2) is 29.1 Å². The third kappa shape index (κ3) is 3.33. The fraction of sp³-hybridized carbons (Fsp3) is 0.389. The van der Waals surface area contributed by atoms with Crippen molar-refractivity contribution in [3.8, 4) is 0 Å². The van der Waals surface area contributed by atoms with E-state index >= 15 is 0 Å². The van der Waals surface area contributed by atoms with Gasteiger partial charge in [0.1, 0.15) is 5.82 Å². The van der Waals surface area contributed by atoms with Crippen molar-refractivity contribution in [3.63, 3.8) is 0 Å². The number of carbonyl (C=O) groups is 1. The first-order valence-electron chi connectivity index (χ1n) is 7.98. The van der Waals surface area contributed by atoms with Crippen molar-refractivity contribution in [2.75, 3.05) is 0 Å². The number of nitrogens with zero attached hydrogens (tertiary/aromatic N) is 1. The second kappa shape index (κ2) is 6.36. The van der Waals surface area contributed by atoms with Crippen molar-refractivity contribution in [1.29, 1.82) is 0 Å². The van der Waals surface area contributed by atoms with Crippen LogP contribution in [0, 0.1) is 13.8 Å². The normalized spacial score (nSPS) is 16.7. The molecular formula is C18H21N3O2. The number of aromatic nitrogens is 2.